The number of carbonyl (C=O) groups excluding carboxylic acids is 1. The maximum Gasteiger partial charge on any atom is 0.227 e. The van der Waals surface area contributed by atoms with E-state index in [9.17, 15) is 4.79 Å². The van der Waals surface area contributed by atoms with Gasteiger partial charge in [0.15, 0.2) is 0 Å². The lowest BCUT2D eigenvalue weighted by Crippen LogP contribution is -2.30. The molecule has 5 heteroatoms. The van der Waals surface area contributed by atoms with Gasteiger partial charge in [-0.15, -0.1) is 0 Å². The van der Waals surface area contributed by atoms with Gasteiger partial charge in [-0.05, 0) is 11.8 Å². The van der Waals surface area contributed by atoms with Crippen LogP contribution in [0.5, 0.6) is 0 Å². The smallest absolute Gasteiger partial charge is 0.227 e. The average molecular weight is 201 g/mol. The first-order valence-corrected chi connectivity index (χ1v) is 4.58. The molecule has 0 aliphatic heterocycles. The molecule has 0 unspecified atom stereocenters. The first-order valence-electron chi connectivity index (χ1n) is 4.58. The lowest BCUT2D eigenvalue weighted by molar-refractivity contribution is -0.120. The van der Waals surface area contributed by atoms with Crippen LogP contribution in [0.4, 0.5) is 0 Å². The first-order chi connectivity index (χ1) is 6.35. The predicted molar refractivity (Wildman–Crippen MR) is 55.1 cm³/mol. The minimum absolute atomic E-state index is 0.0549. The topological polar surface area (TPSA) is 87.7 Å². The summed E-state index contributed by atoms with van der Waals surface area (Å²) < 4.78 is 0. The van der Waals surface area contributed by atoms with Crippen LogP contribution in [0.1, 0.15) is 33.6 Å². The van der Waals surface area contributed by atoms with Gasteiger partial charge in [0.05, 0.1) is 6.42 Å². The Hall–Kier alpha value is -1.26. The molecule has 0 saturated carbocycles. The summed E-state index contributed by atoms with van der Waals surface area (Å²) >= 11 is 0. The molecular formula is C9H19N3O2. The number of carbonyl (C=O) groups is 1. The van der Waals surface area contributed by atoms with Gasteiger partial charge >= 0.3 is 0 Å². The van der Waals surface area contributed by atoms with Gasteiger partial charge in [0.1, 0.15) is 5.84 Å². The number of amides is 1. The molecule has 0 radical (unpaired) electrons. The maximum absolute atomic E-state index is 11.1. The largest absolute Gasteiger partial charge is 0.409 e. The molecule has 14 heavy (non-hydrogen) atoms. The van der Waals surface area contributed by atoms with Crippen molar-refractivity contribution >= 4 is 11.7 Å². The van der Waals surface area contributed by atoms with Gasteiger partial charge in [0, 0.05) is 6.54 Å². The summed E-state index contributed by atoms with van der Waals surface area (Å²) in [4.78, 5) is 11.1. The van der Waals surface area contributed by atoms with Gasteiger partial charge in [-0.1, -0.05) is 25.9 Å². The molecule has 0 aliphatic carbocycles. The fourth-order valence-corrected chi connectivity index (χ4v) is 0.839. The number of amidine groups is 1. The van der Waals surface area contributed by atoms with E-state index in [2.05, 4.69) is 31.2 Å². The lowest BCUT2D eigenvalue weighted by Gasteiger charge is -2.17. The van der Waals surface area contributed by atoms with E-state index in [4.69, 9.17) is 10.9 Å². The molecule has 4 N–H and O–H groups in total. The van der Waals surface area contributed by atoms with Crippen molar-refractivity contribution in [1.29, 1.82) is 0 Å². The second-order valence-electron chi connectivity index (χ2n) is 4.43. The van der Waals surface area contributed by atoms with Crippen LogP contribution >= 0.6 is 0 Å². The molecule has 0 bridgehead atoms. The zero-order chi connectivity index (χ0) is 11.2. The molecule has 0 heterocycles. The van der Waals surface area contributed by atoms with Gasteiger partial charge in [-0.3, -0.25) is 4.79 Å². The Morgan fingerprint density at radius 3 is 2.50 bits per heavy atom. The number of oxime groups is 1. The van der Waals surface area contributed by atoms with Crippen molar-refractivity contribution < 1.29 is 10.0 Å². The molecule has 0 spiro atoms. The van der Waals surface area contributed by atoms with Gasteiger partial charge in [0.25, 0.3) is 0 Å². The molecular weight excluding hydrogens is 182 g/mol. The number of rotatable bonds is 4. The highest BCUT2D eigenvalue weighted by Gasteiger charge is 2.10. The van der Waals surface area contributed by atoms with Crippen molar-refractivity contribution in [3.05, 3.63) is 0 Å². The Morgan fingerprint density at radius 2 is 2.07 bits per heavy atom. The van der Waals surface area contributed by atoms with Crippen LogP contribution < -0.4 is 11.1 Å². The van der Waals surface area contributed by atoms with Crippen LogP contribution in [-0.4, -0.2) is 23.5 Å². The molecule has 0 atom stereocenters. The summed E-state index contributed by atoms with van der Waals surface area (Å²) in [5, 5.41) is 13.6. The fourth-order valence-electron chi connectivity index (χ4n) is 0.839. The molecule has 0 fully saturated rings. The third kappa shape index (κ3) is 7.39. The second-order valence-corrected chi connectivity index (χ2v) is 4.43. The van der Waals surface area contributed by atoms with Crippen LogP contribution in [0, 0.1) is 5.41 Å². The zero-order valence-corrected chi connectivity index (χ0v) is 9.00. The van der Waals surface area contributed by atoms with Crippen LogP contribution in [0.25, 0.3) is 0 Å². The summed E-state index contributed by atoms with van der Waals surface area (Å²) in [7, 11) is 0. The Morgan fingerprint density at radius 1 is 1.50 bits per heavy atom. The van der Waals surface area contributed by atoms with Crippen molar-refractivity contribution in [3.63, 3.8) is 0 Å². The van der Waals surface area contributed by atoms with E-state index >= 15 is 0 Å². The molecule has 0 saturated heterocycles. The Labute approximate surface area is 84.4 Å². The van der Waals surface area contributed by atoms with E-state index in [0.29, 0.717) is 6.54 Å². The normalized spacial score (nSPS) is 12.6. The van der Waals surface area contributed by atoms with E-state index in [-0.39, 0.29) is 23.6 Å². The molecule has 0 aromatic carbocycles. The second kappa shape index (κ2) is 5.47. The maximum atomic E-state index is 11.1. The highest BCUT2D eigenvalue weighted by atomic mass is 16.4. The van der Waals surface area contributed by atoms with E-state index < -0.39 is 0 Å². The van der Waals surface area contributed by atoms with E-state index in [1.807, 2.05) is 0 Å². The number of hydrogen-bond donors (Lipinski definition) is 3. The summed E-state index contributed by atoms with van der Waals surface area (Å²) in [5.74, 6) is -0.289. The monoisotopic (exact) mass is 201 g/mol. The van der Waals surface area contributed by atoms with Crippen molar-refractivity contribution in [2.75, 3.05) is 6.54 Å². The van der Waals surface area contributed by atoms with Crippen molar-refractivity contribution in [1.82, 2.24) is 5.32 Å². The van der Waals surface area contributed by atoms with Crippen LogP contribution in [0.2, 0.25) is 0 Å². The van der Waals surface area contributed by atoms with Gasteiger partial charge in [-0.2, -0.15) is 0 Å². The Kier molecular flexibility index (Phi) is 4.97. The van der Waals surface area contributed by atoms with E-state index in [1.165, 1.54) is 0 Å². The SMILES string of the molecule is CC(C)(C)CCNC(=O)CC(N)=NO. The average Bonchev–Trinajstić information content (AvgIpc) is 2.01. The first kappa shape index (κ1) is 12.7. The fraction of sp³-hybridized carbons (Fsp3) is 0.778. The lowest BCUT2D eigenvalue weighted by atomic mass is 9.92. The zero-order valence-electron chi connectivity index (χ0n) is 9.00. The van der Waals surface area contributed by atoms with Gasteiger partial charge in [-0.25, -0.2) is 0 Å². The molecule has 5 nitrogen and oxygen atoms in total. The summed E-state index contributed by atoms with van der Waals surface area (Å²) in [6.45, 7) is 6.91. The standard InChI is InChI=1S/C9H19N3O2/c1-9(2,3)4-5-11-8(13)6-7(10)12-14/h14H,4-6H2,1-3H3,(H2,10,12)(H,11,13). The van der Waals surface area contributed by atoms with E-state index in [1.54, 1.807) is 0 Å². The Balaban J connectivity index is 3.66. The third-order valence-electron chi connectivity index (χ3n) is 1.67. The number of nitrogens with one attached hydrogen (secondary N) is 1. The summed E-state index contributed by atoms with van der Waals surface area (Å²) in [6.07, 6.45) is 0.843. The predicted octanol–water partition coefficient (Wildman–Crippen LogP) is 0.675. The summed E-state index contributed by atoms with van der Waals surface area (Å²) in [6, 6.07) is 0. The van der Waals surface area contributed by atoms with Crippen molar-refractivity contribution in [2.24, 2.45) is 16.3 Å². The van der Waals surface area contributed by atoms with E-state index in [0.717, 1.165) is 6.42 Å². The number of hydrogen-bond acceptors (Lipinski definition) is 3. The highest BCUT2D eigenvalue weighted by Crippen LogP contribution is 2.16. The van der Waals surface area contributed by atoms with Gasteiger partial charge in [0.2, 0.25) is 5.91 Å². The van der Waals surface area contributed by atoms with Crippen molar-refractivity contribution in [2.45, 2.75) is 33.6 Å². The molecule has 0 aromatic heterocycles. The number of nitrogens with two attached hydrogens (primary N) is 1. The van der Waals surface area contributed by atoms with Crippen LogP contribution in [0.3, 0.4) is 0 Å². The Bertz CT molecular complexity index is 219. The van der Waals surface area contributed by atoms with Crippen molar-refractivity contribution in [3.8, 4) is 0 Å². The summed E-state index contributed by atoms with van der Waals surface area (Å²) in [5.41, 5.74) is 5.37. The third-order valence-corrected chi connectivity index (χ3v) is 1.67. The highest BCUT2D eigenvalue weighted by molar-refractivity contribution is 5.98. The molecule has 1 amide bonds. The minimum atomic E-state index is -0.218. The molecule has 0 rings (SSSR count). The van der Waals surface area contributed by atoms with Crippen LogP contribution in [0.15, 0.2) is 5.16 Å². The molecule has 0 aliphatic rings. The molecule has 82 valence electrons. The molecule has 0 aromatic rings. The van der Waals surface area contributed by atoms with Gasteiger partial charge < -0.3 is 16.3 Å². The number of nitrogens with zero attached hydrogens (tertiary/aromatic N) is 1. The van der Waals surface area contributed by atoms with Crippen LogP contribution in [-0.2, 0) is 4.79 Å². The minimum Gasteiger partial charge on any atom is -0.409 e. The quantitative estimate of drug-likeness (QED) is 0.270.